The smallest absolute Gasteiger partial charge is 0.271 e. The Bertz CT molecular complexity index is 433. The lowest BCUT2D eigenvalue weighted by Gasteiger charge is -2.17. The molecule has 0 amide bonds. The van der Waals surface area contributed by atoms with E-state index >= 15 is 0 Å². The standard InChI is InChI=1S/C12H17N3O2S/c1-3-9(4-2)13-12(18)14-10-6-5-7-11(8-10)15(16)17/h5-9H,3-4H2,1-2H3,(H2,13,14,18). The molecule has 0 saturated carbocycles. The van der Waals surface area contributed by atoms with Crippen molar-refractivity contribution < 1.29 is 4.92 Å². The maximum absolute atomic E-state index is 10.6. The number of hydrogen-bond donors (Lipinski definition) is 2. The van der Waals surface area contributed by atoms with Crippen LogP contribution in [0.15, 0.2) is 24.3 Å². The highest BCUT2D eigenvalue weighted by atomic mass is 32.1. The molecule has 6 heteroatoms. The third-order valence-corrected chi connectivity index (χ3v) is 2.86. The topological polar surface area (TPSA) is 67.2 Å². The summed E-state index contributed by atoms with van der Waals surface area (Å²) in [4.78, 5) is 10.2. The van der Waals surface area contributed by atoms with Crippen molar-refractivity contribution in [3.63, 3.8) is 0 Å². The summed E-state index contributed by atoms with van der Waals surface area (Å²) in [6.45, 7) is 4.16. The first kappa shape index (κ1) is 14.4. The van der Waals surface area contributed by atoms with Gasteiger partial charge in [0.2, 0.25) is 0 Å². The molecule has 18 heavy (non-hydrogen) atoms. The minimum Gasteiger partial charge on any atom is -0.360 e. The first-order valence-corrected chi connectivity index (χ1v) is 6.29. The van der Waals surface area contributed by atoms with Crippen LogP contribution >= 0.6 is 12.2 Å². The van der Waals surface area contributed by atoms with E-state index in [0.717, 1.165) is 12.8 Å². The number of nitrogens with one attached hydrogen (secondary N) is 2. The monoisotopic (exact) mass is 267 g/mol. The van der Waals surface area contributed by atoms with Crippen LogP contribution in [0.3, 0.4) is 0 Å². The second-order valence-corrected chi connectivity index (χ2v) is 4.33. The quantitative estimate of drug-likeness (QED) is 0.487. The number of thiocarbonyl (C=S) groups is 1. The largest absolute Gasteiger partial charge is 0.360 e. The fourth-order valence-electron chi connectivity index (χ4n) is 1.54. The molecule has 1 aromatic rings. The number of nitro benzene ring substituents is 1. The SMILES string of the molecule is CCC(CC)NC(=S)Nc1cccc([N+](=O)[O-])c1. The second-order valence-electron chi connectivity index (χ2n) is 3.92. The molecular weight excluding hydrogens is 250 g/mol. The third kappa shape index (κ3) is 4.29. The van der Waals surface area contributed by atoms with Crippen molar-refractivity contribution >= 4 is 28.7 Å². The summed E-state index contributed by atoms with van der Waals surface area (Å²) < 4.78 is 0. The highest BCUT2D eigenvalue weighted by Crippen LogP contribution is 2.16. The Hall–Kier alpha value is -1.69. The van der Waals surface area contributed by atoms with Gasteiger partial charge in [0.25, 0.3) is 5.69 Å². The van der Waals surface area contributed by atoms with E-state index in [4.69, 9.17) is 12.2 Å². The molecule has 0 aromatic heterocycles. The van der Waals surface area contributed by atoms with Crippen LogP contribution in [0.5, 0.6) is 0 Å². The molecule has 0 radical (unpaired) electrons. The highest BCUT2D eigenvalue weighted by molar-refractivity contribution is 7.80. The molecule has 0 aliphatic heterocycles. The van der Waals surface area contributed by atoms with Gasteiger partial charge < -0.3 is 10.6 Å². The number of nitrogens with zero attached hydrogens (tertiary/aromatic N) is 1. The molecular formula is C12H17N3O2S. The van der Waals surface area contributed by atoms with E-state index in [-0.39, 0.29) is 5.69 Å². The molecule has 1 rings (SSSR count). The Balaban J connectivity index is 2.64. The van der Waals surface area contributed by atoms with Gasteiger partial charge in [-0.15, -0.1) is 0 Å². The van der Waals surface area contributed by atoms with Gasteiger partial charge in [0.15, 0.2) is 5.11 Å². The zero-order valence-electron chi connectivity index (χ0n) is 10.5. The summed E-state index contributed by atoms with van der Waals surface area (Å²) in [7, 11) is 0. The van der Waals surface area contributed by atoms with Gasteiger partial charge in [0, 0.05) is 23.9 Å². The Kier molecular flexibility index (Phi) is 5.51. The molecule has 0 aliphatic carbocycles. The van der Waals surface area contributed by atoms with E-state index in [1.807, 2.05) is 0 Å². The van der Waals surface area contributed by atoms with Crippen molar-refractivity contribution in [2.24, 2.45) is 0 Å². The van der Waals surface area contributed by atoms with Gasteiger partial charge in [-0.1, -0.05) is 19.9 Å². The molecule has 98 valence electrons. The minimum absolute atomic E-state index is 0.0466. The number of nitro groups is 1. The molecule has 0 bridgehead atoms. The first-order chi connectivity index (χ1) is 8.56. The van der Waals surface area contributed by atoms with Crippen molar-refractivity contribution in [1.29, 1.82) is 0 Å². The Morgan fingerprint density at radius 1 is 1.44 bits per heavy atom. The summed E-state index contributed by atoms with van der Waals surface area (Å²) in [6, 6.07) is 6.60. The van der Waals surface area contributed by atoms with Crippen molar-refractivity contribution in [1.82, 2.24) is 5.32 Å². The van der Waals surface area contributed by atoms with E-state index in [0.29, 0.717) is 16.8 Å². The molecule has 1 aromatic carbocycles. The predicted octanol–water partition coefficient (Wildman–Crippen LogP) is 3.07. The summed E-state index contributed by atoms with van der Waals surface area (Å²) >= 11 is 5.16. The number of anilines is 1. The van der Waals surface area contributed by atoms with Gasteiger partial charge in [0.1, 0.15) is 0 Å². The molecule has 0 saturated heterocycles. The van der Waals surface area contributed by atoms with Crippen LogP contribution in [0.4, 0.5) is 11.4 Å². The van der Waals surface area contributed by atoms with Gasteiger partial charge in [-0.05, 0) is 31.1 Å². The van der Waals surface area contributed by atoms with E-state index < -0.39 is 4.92 Å². The van der Waals surface area contributed by atoms with Crippen LogP contribution in [-0.4, -0.2) is 16.1 Å². The van der Waals surface area contributed by atoms with Crippen LogP contribution in [0.25, 0.3) is 0 Å². The van der Waals surface area contributed by atoms with E-state index in [2.05, 4.69) is 24.5 Å². The van der Waals surface area contributed by atoms with Crippen LogP contribution in [-0.2, 0) is 0 Å². The average Bonchev–Trinajstić information content (AvgIpc) is 2.36. The molecule has 0 unspecified atom stereocenters. The fourth-order valence-corrected chi connectivity index (χ4v) is 1.83. The van der Waals surface area contributed by atoms with Gasteiger partial charge >= 0.3 is 0 Å². The highest BCUT2D eigenvalue weighted by Gasteiger charge is 2.08. The van der Waals surface area contributed by atoms with Crippen molar-refractivity contribution in [2.45, 2.75) is 32.7 Å². The van der Waals surface area contributed by atoms with Crippen molar-refractivity contribution in [2.75, 3.05) is 5.32 Å². The van der Waals surface area contributed by atoms with Gasteiger partial charge in [-0.2, -0.15) is 0 Å². The van der Waals surface area contributed by atoms with Crippen LogP contribution in [0.2, 0.25) is 0 Å². The van der Waals surface area contributed by atoms with Crippen molar-refractivity contribution in [3.05, 3.63) is 34.4 Å². The van der Waals surface area contributed by atoms with Gasteiger partial charge in [-0.3, -0.25) is 10.1 Å². The van der Waals surface area contributed by atoms with Gasteiger partial charge in [0.05, 0.1) is 4.92 Å². The summed E-state index contributed by atoms with van der Waals surface area (Å²) in [5.41, 5.74) is 0.665. The van der Waals surface area contributed by atoms with E-state index in [9.17, 15) is 10.1 Å². The summed E-state index contributed by atoms with van der Waals surface area (Å²) in [5, 5.41) is 17.2. The van der Waals surface area contributed by atoms with E-state index in [1.54, 1.807) is 12.1 Å². The third-order valence-electron chi connectivity index (χ3n) is 2.64. The lowest BCUT2D eigenvalue weighted by molar-refractivity contribution is -0.384. The molecule has 0 heterocycles. The Morgan fingerprint density at radius 2 is 2.11 bits per heavy atom. The lowest BCUT2D eigenvalue weighted by Crippen LogP contribution is -2.36. The van der Waals surface area contributed by atoms with E-state index in [1.165, 1.54) is 12.1 Å². The maximum Gasteiger partial charge on any atom is 0.271 e. The molecule has 0 fully saturated rings. The van der Waals surface area contributed by atoms with Crippen LogP contribution < -0.4 is 10.6 Å². The molecule has 0 aliphatic rings. The number of hydrogen-bond acceptors (Lipinski definition) is 3. The lowest BCUT2D eigenvalue weighted by atomic mass is 10.2. The predicted molar refractivity (Wildman–Crippen MR) is 76.8 cm³/mol. The van der Waals surface area contributed by atoms with Crippen molar-refractivity contribution in [3.8, 4) is 0 Å². The number of non-ortho nitro benzene ring substituents is 1. The summed E-state index contributed by atoms with van der Waals surface area (Å²) in [5.74, 6) is 0. The fraction of sp³-hybridized carbons (Fsp3) is 0.417. The molecule has 5 nitrogen and oxygen atoms in total. The maximum atomic E-state index is 10.6. The minimum atomic E-state index is -0.428. The average molecular weight is 267 g/mol. The second kappa shape index (κ2) is 6.90. The van der Waals surface area contributed by atoms with Crippen LogP contribution in [0.1, 0.15) is 26.7 Å². The first-order valence-electron chi connectivity index (χ1n) is 5.88. The Morgan fingerprint density at radius 3 is 2.67 bits per heavy atom. The zero-order valence-corrected chi connectivity index (χ0v) is 11.3. The molecule has 2 N–H and O–H groups in total. The molecule has 0 spiro atoms. The number of rotatable bonds is 5. The van der Waals surface area contributed by atoms with Crippen LogP contribution in [0, 0.1) is 10.1 Å². The Labute approximate surface area is 112 Å². The zero-order chi connectivity index (χ0) is 13.5. The van der Waals surface area contributed by atoms with Gasteiger partial charge in [-0.25, -0.2) is 0 Å². The number of benzene rings is 1. The summed E-state index contributed by atoms with van der Waals surface area (Å²) in [6.07, 6.45) is 1.96. The normalized spacial score (nSPS) is 10.2. The molecule has 0 atom stereocenters.